The van der Waals surface area contributed by atoms with Gasteiger partial charge in [0.2, 0.25) is 0 Å². The van der Waals surface area contributed by atoms with Gasteiger partial charge in [0.25, 0.3) is 0 Å². The van der Waals surface area contributed by atoms with E-state index in [1.54, 1.807) is 6.92 Å². The quantitative estimate of drug-likeness (QED) is 0.684. The predicted octanol–water partition coefficient (Wildman–Crippen LogP) is 1.99. The zero-order valence-corrected chi connectivity index (χ0v) is 8.69. The van der Waals surface area contributed by atoms with E-state index in [4.69, 9.17) is 10.4 Å². The number of azo groups is 1. The largest absolute Gasteiger partial charge is 0.481 e. The van der Waals surface area contributed by atoms with Crippen LogP contribution in [-0.4, -0.2) is 22.7 Å². The first-order valence-corrected chi connectivity index (χ1v) is 4.44. The molecule has 0 aromatic carbocycles. The Kier molecular flexibility index (Phi) is 4.78. The number of hydrogen-bond donors (Lipinski definition) is 1. The van der Waals surface area contributed by atoms with E-state index in [1.807, 2.05) is 19.9 Å². The smallest absolute Gasteiger partial charge is 0.303 e. The summed E-state index contributed by atoms with van der Waals surface area (Å²) in [4.78, 5) is 10.3. The second kappa shape index (κ2) is 5.32. The van der Waals surface area contributed by atoms with E-state index in [1.165, 1.54) is 0 Å². The maximum atomic E-state index is 10.3. The summed E-state index contributed by atoms with van der Waals surface area (Å²) < 4.78 is 0. The molecule has 1 unspecified atom stereocenters. The Balaban J connectivity index is 4.34. The van der Waals surface area contributed by atoms with Crippen molar-refractivity contribution in [2.24, 2.45) is 10.2 Å². The minimum atomic E-state index is -1.01. The Morgan fingerprint density at radius 2 is 2.21 bits per heavy atom. The van der Waals surface area contributed by atoms with Gasteiger partial charge in [0.15, 0.2) is 5.54 Å². The molecule has 0 heterocycles. The molecule has 5 heteroatoms. The fraction of sp³-hybridized carbons (Fsp3) is 0.778. The van der Waals surface area contributed by atoms with Crippen LogP contribution in [0.15, 0.2) is 10.2 Å². The number of rotatable bonds is 5. The molecule has 0 aliphatic heterocycles. The summed E-state index contributed by atoms with van der Waals surface area (Å²) >= 11 is 0. The van der Waals surface area contributed by atoms with Crippen LogP contribution in [-0.2, 0) is 4.79 Å². The third-order valence-corrected chi connectivity index (χ3v) is 1.58. The van der Waals surface area contributed by atoms with Gasteiger partial charge in [0, 0.05) is 6.42 Å². The Bertz CT molecular complexity index is 268. The van der Waals surface area contributed by atoms with Gasteiger partial charge < -0.3 is 5.11 Å². The van der Waals surface area contributed by atoms with Crippen molar-refractivity contribution in [2.45, 2.75) is 45.2 Å². The second-order valence-electron chi connectivity index (χ2n) is 3.59. The summed E-state index contributed by atoms with van der Waals surface area (Å²) in [6.07, 6.45) is 0.121. The number of carboxylic acid groups (broad SMARTS) is 1. The Morgan fingerprint density at radius 3 is 2.57 bits per heavy atom. The fourth-order valence-electron chi connectivity index (χ4n) is 0.721. The van der Waals surface area contributed by atoms with Crippen LogP contribution in [0.3, 0.4) is 0 Å². The Hall–Kier alpha value is -1.44. The van der Waals surface area contributed by atoms with Gasteiger partial charge in [0.05, 0.1) is 12.1 Å². The van der Waals surface area contributed by atoms with Crippen molar-refractivity contribution in [3.05, 3.63) is 0 Å². The molecule has 0 amide bonds. The molecule has 78 valence electrons. The molecule has 0 aromatic heterocycles. The van der Waals surface area contributed by atoms with Crippen molar-refractivity contribution < 1.29 is 9.90 Å². The maximum Gasteiger partial charge on any atom is 0.303 e. The molecule has 14 heavy (non-hydrogen) atoms. The minimum Gasteiger partial charge on any atom is -0.481 e. The van der Waals surface area contributed by atoms with Gasteiger partial charge in [-0.3, -0.25) is 4.79 Å². The molecule has 0 saturated heterocycles. The van der Waals surface area contributed by atoms with Crippen molar-refractivity contribution in [3.8, 4) is 6.07 Å². The van der Waals surface area contributed by atoms with Gasteiger partial charge in [-0.05, 0) is 27.2 Å². The highest BCUT2D eigenvalue weighted by Gasteiger charge is 2.24. The number of carbonyl (C=O) groups is 1. The molecular weight excluding hydrogens is 182 g/mol. The van der Waals surface area contributed by atoms with Crippen LogP contribution in [0.1, 0.15) is 33.6 Å². The molecule has 0 saturated carbocycles. The lowest BCUT2D eigenvalue weighted by Crippen LogP contribution is -2.20. The summed E-state index contributed by atoms with van der Waals surface area (Å²) in [5, 5.41) is 25.0. The first kappa shape index (κ1) is 12.6. The zero-order valence-electron chi connectivity index (χ0n) is 8.69. The van der Waals surface area contributed by atoms with Crippen LogP contribution in [0.5, 0.6) is 0 Å². The van der Waals surface area contributed by atoms with Gasteiger partial charge in [-0.1, -0.05) is 0 Å². The highest BCUT2D eigenvalue weighted by molar-refractivity contribution is 5.66. The first-order chi connectivity index (χ1) is 6.39. The van der Waals surface area contributed by atoms with Gasteiger partial charge in [0.1, 0.15) is 0 Å². The average molecular weight is 197 g/mol. The number of carboxylic acids is 1. The van der Waals surface area contributed by atoms with Crippen LogP contribution >= 0.6 is 0 Å². The normalized spacial score (nSPS) is 15.4. The summed E-state index contributed by atoms with van der Waals surface area (Å²) in [5.74, 6) is -0.925. The van der Waals surface area contributed by atoms with Crippen molar-refractivity contribution in [2.75, 3.05) is 0 Å². The monoisotopic (exact) mass is 197 g/mol. The van der Waals surface area contributed by atoms with Crippen molar-refractivity contribution in [1.29, 1.82) is 5.26 Å². The zero-order chi connectivity index (χ0) is 11.2. The molecule has 0 rings (SSSR count). The van der Waals surface area contributed by atoms with E-state index in [0.717, 1.165) is 0 Å². The molecule has 5 nitrogen and oxygen atoms in total. The Morgan fingerprint density at radius 1 is 1.64 bits per heavy atom. The van der Waals surface area contributed by atoms with Crippen LogP contribution < -0.4 is 0 Å². The maximum absolute atomic E-state index is 10.3. The molecule has 1 atom stereocenters. The molecule has 0 spiro atoms. The van der Waals surface area contributed by atoms with E-state index in [0.29, 0.717) is 0 Å². The summed E-state index contributed by atoms with van der Waals surface area (Å²) in [5.41, 5.74) is -1.01. The summed E-state index contributed by atoms with van der Waals surface area (Å²) in [6.45, 7) is 5.28. The van der Waals surface area contributed by atoms with E-state index in [-0.39, 0.29) is 18.9 Å². The van der Waals surface area contributed by atoms with Crippen molar-refractivity contribution in [3.63, 3.8) is 0 Å². The fourth-order valence-corrected chi connectivity index (χ4v) is 0.721. The molecule has 0 aromatic rings. The van der Waals surface area contributed by atoms with Crippen LogP contribution in [0.4, 0.5) is 0 Å². The number of hydrogen-bond acceptors (Lipinski definition) is 4. The Labute approximate surface area is 83.5 Å². The molecular formula is C9H15N3O2. The van der Waals surface area contributed by atoms with Crippen LogP contribution in [0.2, 0.25) is 0 Å². The van der Waals surface area contributed by atoms with Crippen molar-refractivity contribution >= 4 is 5.97 Å². The molecule has 0 bridgehead atoms. The summed E-state index contributed by atoms with van der Waals surface area (Å²) in [6, 6.07) is 1.99. The van der Waals surface area contributed by atoms with E-state index in [2.05, 4.69) is 10.2 Å². The number of aliphatic carboxylic acids is 1. The molecule has 0 aliphatic rings. The lowest BCUT2D eigenvalue weighted by Gasteiger charge is -2.13. The summed E-state index contributed by atoms with van der Waals surface area (Å²) in [7, 11) is 0. The topological polar surface area (TPSA) is 85.8 Å². The van der Waals surface area contributed by atoms with E-state index >= 15 is 0 Å². The molecule has 0 aliphatic carbocycles. The van der Waals surface area contributed by atoms with Crippen molar-refractivity contribution in [1.82, 2.24) is 0 Å². The second-order valence-corrected chi connectivity index (χ2v) is 3.59. The third-order valence-electron chi connectivity index (χ3n) is 1.58. The SMILES string of the molecule is CC(C)N=NC(C)(C#N)CCC(=O)O. The number of nitriles is 1. The molecule has 1 N–H and O–H groups in total. The number of nitrogens with zero attached hydrogens (tertiary/aromatic N) is 3. The van der Waals surface area contributed by atoms with Gasteiger partial charge in [-0.15, -0.1) is 0 Å². The van der Waals surface area contributed by atoms with Gasteiger partial charge >= 0.3 is 5.97 Å². The standard InChI is InChI=1S/C9H15N3O2/c1-7(2)11-12-9(3,6-10)5-4-8(13)14/h7H,4-5H2,1-3H3,(H,13,14). The lowest BCUT2D eigenvalue weighted by molar-refractivity contribution is -0.137. The van der Waals surface area contributed by atoms with Gasteiger partial charge in [-0.25, -0.2) is 0 Å². The highest BCUT2D eigenvalue weighted by atomic mass is 16.4. The van der Waals surface area contributed by atoms with Crippen LogP contribution in [0.25, 0.3) is 0 Å². The third kappa shape index (κ3) is 5.25. The first-order valence-electron chi connectivity index (χ1n) is 4.44. The molecule has 0 radical (unpaired) electrons. The van der Waals surface area contributed by atoms with E-state index in [9.17, 15) is 4.79 Å². The van der Waals surface area contributed by atoms with Crippen LogP contribution in [0, 0.1) is 11.3 Å². The molecule has 0 fully saturated rings. The minimum absolute atomic E-state index is 0.0208. The average Bonchev–Trinajstić information content (AvgIpc) is 2.11. The van der Waals surface area contributed by atoms with E-state index < -0.39 is 11.5 Å². The highest BCUT2D eigenvalue weighted by Crippen LogP contribution is 2.17. The predicted molar refractivity (Wildman–Crippen MR) is 50.9 cm³/mol. The van der Waals surface area contributed by atoms with Gasteiger partial charge in [-0.2, -0.15) is 15.5 Å². The lowest BCUT2D eigenvalue weighted by atomic mass is 9.99.